The van der Waals surface area contributed by atoms with Crippen molar-refractivity contribution < 1.29 is 5.11 Å². The molecule has 33 valence electrons. The van der Waals surface area contributed by atoms with Gasteiger partial charge in [-0.25, -0.2) is 0 Å². The summed E-state index contributed by atoms with van der Waals surface area (Å²) in [5.41, 5.74) is 0. The molecule has 0 saturated heterocycles. The zero-order valence-corrected chi connectivity index (χ0v) is 3.39. The fourth-order valence-corrected chi connectivity index (χ4v) is 0.129. The lowest BCUT2D eigenvalue weighted by Crippen LogP contribution is -1.78. The Balaban J connectivity index is 2.54. The van der Waals surface area contributed by atoms with Crippen LogP contribution >= 0.6 is 0 Å². The summed E-state index contributed by atoms with van der Waals surface area (Å²) in [5, 5.41) is 15.8. The fraction of sp³-hybridized carbons (Fsp3) is 0.500. The summed E-state index contributed by atoms with van der Waals surface area (Å²) in [5.74, 6) is 0. The highest BCUT2D eigenvalue weighted by molar-refractivity contribution is 4.89. The standard InChI is InChI=1S/C4H6NO/c5-3-1-2-4-6/h1,6H,2,4H2. The van der Waals surface area contributed by atoms with Crippen LogP contribution in [0.25, 0.3) is 0 Å². The highest BCUT2D eigenvalue weighted by Gasteiger charge is 1.76. The van der Waals surface area contributed by atoms with Gasteiger partial charge in [0.15, 0.2) is 0 Å². The molecule has 2 nitrogen and oxygen atoms in total. The Morgan fingerprint density at radius 2 is 2.50 bits per heavy atom. The predicted molar refractivity (Wildman–Crippen MR) is 21.6 cm³/mol. The molecule has 0 unspecified atom stereocenters. The number of aliphatic hydroxyl groups excluding tert-OH is 1. The molecule has 0 amide bonds. The molecule has 0 fully saturated rings. The van der Waals surface area contributed by atoms with E-state index in [0.29, 0.717) is 6.42 Å². The van der Waals surface area contributed by atoms with Gasteiger partial charge in [-0.05, 0) is 6.42 Å². The van der Waals surface area contributed by atoms with Crippen molar-refractivity contribution in [2.45, 2.75) is 6.42 Å². The average Bonchev–Trinajstić information content (AvgIpc) is 1.61. The van der Waals surface area contributed by atoms with Gasteiger partial charge in [0.2, 0.25) is 0 Å². The van der Waals surface area contributed by atoms with Crippen molar-refractivity contribution in [3.8, 4) is 6.07 Å². The number of hydrogen-bond donors (Lipinski definition) is 1. The quantitative estimate of drug-likeness (QED) is 0.482. The number of hydrogen-bond acceptors (Lipinski definition) is 2. The average molecular weight is 84.1 g/mol. The molecule has 0 aromatic rings. The van der Waals surface area contributed by atoms with Crippen LogP contribution in [-0.2, 0) is 0 Å². The van der Waals surface area contributed by atoms with E-state index in [9.17, 15) is 0 Å². The number of rotatable bonds is 2. The topological polar surface area (TPSA) is 44.0 Å². The van der Waals surface area contributed by atoms with E-state index < -0.39 is 0 Å². The molecule has 2 heteroatoms. The van der Waals surface area contributed by atoms with Crippen molar-refractivity contribution in [1.82, 2.24) is 0 Å². The van der Waals surface area contributed by atoms with Gasteiger partial charge in [-0.3, -0.25) is 0 Å². The summed E-state index contributed by atoms with van der Waals surface area (Å²) in [6, 6.07) is 1.78. The van der Waals surface area contributed by atoms with Gasteiger partial charge >= 0.3 is 0 Å². The Kier molecular flexibility index (Phi) is 4.04. The number of unbranched alkanes of at least 4 members (excludes halogenated alkanes) is 1. The molecule has 0 aliphatic heterocycles. The number of nitriles is 1. The van der Waals surface area contributed by atoms with Crippen LogP contribution in [0.4, 0.5) is 0 Å². The van der Waals surface area contributed by atoms with Crippen LogP contribution in [0.2, 0.25) is 0 Å². The van der Waals surface area contributed by atoms with Crippen molar-refractivity contribution >= 4 is 0 Å². The lowest BCUT2D eigenvalue weighted by Gasteiger charge is -1.76. The molecule has 0 aliphatic carbocycles. The fourth-order valence-electron chi connectivity index (χ4n) is 0.129. The minimum absolute atomic E-state index is 0.0769. The molecule has 0 aromatic carbocycles. The second-order valence-electron chi connectivity index (χ2n) is 0.846. The van der Waals surface area contributed by atoms with Gasteiger partial charge in [0.1, 0.15) is 0 Å². The third-order valence-electron chi connectivity index (χ3n) is 0.365. The van der Waals surface area contributed by atoms with Gasteiger partial charge in [0, 0.05) is 6.61 Å². The summed E-state index contributed by atoms with van der Waals surface area (Å²) >= 11 is 0. The van der Waals surface area contributed by atoms with E-state index in [1.54, 1.807) is 6.07 Å². The van der Waals surface area contributed by atoms with Crippen molar-refractivity contribution in [2.24, 2.45) is 0 Å². The Bertz CT molecular complexity index is 55.1. The summed E-state index contributed by atoms with van der Waals surface area (Å²) in [6.07, 6.45) is 1.84. The zero-order chi connectivity index (χ0) is 4.83. The first-order chi connectivity index (χ1) is 2.91. The molecule has 0 heterocycles. The van der Waals surface area contributed by atoms with Gasteiger partial charge < -0.3 is 5.11 Å². The second-order valence-corrected chi connectivity index (χ2v) is 0.846. The maximum absolute atomic E-state index is 8.02. The minimum atomic E-state index is 0.0769. The summed E-state index contributed by atoms with van der Waals surface area (Å²) in [6.45, 7) is 0.0769. The van der Waals surface area contributed by atoms with Gasteiger partial charge in [-0.1, -0.05) is 0 Å². The summed E-state index contributed by atoms with van der Waals surface area (Å²) in [4.78, 5) is 0. The molecule has 0 aromatic heterocycles. The zero-order valence-electron chi connectivity index (χ0n) is 3.39. The third kappa shape index (κ3) is 3.45. The first kappa shape index (κ1) is 5.45. The molecule has 1 radical (unpaired) electrons. The number of nitrogens with zero attached hydrogens (tertiary/aromatic N) is 1. The van der Waals surface area contributed by atoms with Crippen LogP contribution in [0.15, 0.2) is 0 Å². The molecule has 0 aliphatic rings. The first-order valence-corrected chi connectivity index (χ1v) is 1.74. The Morgan fingerprint density at radius 1 is 1.83 bits per heavy atom. The Hall–Kier alpha value is -0.550. The molecule has 0 atom stereocenters. The van der Waals surface area contributed by atoms with Crippen molar-refractivity contribution in [1.29, 1.82) is 5.26 Å². The van der Waals surface area contributed by atoms with Crippen molar-refractivity contribution in [3.63, 3.8) is 0 Å². The van der Waals surface area contributed by atoms with Gasteiger partial charge in [0.25, 0.3) is 0 Å². The Labute approximate surface area is 37.0 Å². The van der Waals surface area contributed by atoms with Gasteiger partial charge in [-0.15, -0.1) is 0 Å². The van der Waals surface area contributed by atoms with Crippen molar-refractivity contribution in [3.05, 3.63) is 6.42 Å². The van der Waals surface area contributed by atoms with E-state index >= 15 is 0 Å². The normalized spacial score (nSPS) is 7.33. The minimum Gasteiger partial charge on any atom is -0.396 e. The van der Waals surface area contributed by atoms with Crippen LogP contribution < -0.4 is 0 Å². The van der Waals surface area contributed by atoms with E-state index in [0.717, 1.165) is 0 Å². The predicted octanol–water partition coefficient (Wildman–Crippen LogP) is 0.0967. The molecular weight excluding hydrogens is 78.0 g/mol. The van der Waals surface area contributed by atoms with E-state index in [-0.39, 0.29) is 6.61 Å². The van der Waals surface area contributed by atoms with Crippen LogP contribution in [-0.4, -0.2) is 11.7 Å². The highest BCUT2D eigenvalue weighted by atomic mass is 16.2. The van der Waals surface area contributed by atoms with Crippen LogP contribution in [0.1, 0.15) is 6.42 Å². The molecular formula is C4H6NO. The third-order valence-corrected chi connectivity index (χ3v) is 0.365. The van der Waals surface area contributed by atoms with Crippen LogP contribution in [0.5, 0.6) is 0 Å². The number of aliphatic hydroxyl groups is 1. The van der Waals surface area contributed by atoms with Crippen LogP contribution in [0.3, 0.4) is 0 Å². The first-order valence-electron chi connectivity index (χ1n) is 1.74. The van der Waals surface area contributed by atoms with E-state index in [4.69, 9.17) is 10.4 Å². The van der Waals surface area contributed by atoms with E-state index in [1.807, 2.05) is 0 Å². The van der Waals surface area contributed by atoms with E-state index in [2.05, 4.69) is 0 Å². The summed E-state index contributed by atoms with van der Waals surface area (Å²) < 4.78 is 0. The lowest BCUT2D eigenvalue weighted by molar-refractivity contribution is 0.300. The van der Waals surface area contributed by atoms with Gasteiger partial charge in [0.05, 0.1) is 12.5 Å². The highest BCUT2D eigenvalue weighted by Crippen LogP contribution is 1.77. The lowest BCUT2D eigenvalue weighted by atomic mass is 10.4. The van der Waals surface area contributed by atoms with E-state index in [1.165, 1.54) is 6.42 Å². The second kappa shape index (κ2) is 4.45. The maximum Gasteiger partial charge on any atom is 0.0670 e. The molecule has 0 spiro atoms. The maximum atomic E-state index is 8.02. The molecule has 6 heavy (non-hydrogen) atoms. The summed E-state index contributed by atoms with van der Waals surface area (Å²) in [7, 11) is 0. The Morgan fingerprint density at radius 3 is 2.67 bits per heavy atom. The van der Waals surface area contributed by atoms with Crippen molar-refractivity contribution in [2.75, 3.05) is 6.61 Å². The monoisotopic (exact) mass is 84.0 g/mol. The SMILES string of the molecule is N#C[CH]CCO. The molecule has 0 rings (SSSR count). The van der Waals surface area contributed by atoms with Crippen LogP contribution in [0, 0.1) is 17.8 Å². The van der Waals surface area contributed by atoms with Gasteiger partial charge in [-0.2, -0.15) is 5.26 Å². The molecule has 1 N–H and O–H groups in total. The molecule has 0 bridgehead atoms. The largest absolute Gasteiger partial charge is 0.396 e. The smallest absolute Gasteiger partial charge is 0.0670 e. The molecule has 0 saturated carbocycles.